The summed E-state index contributed by atoms with van der Waals surface area (Å²) >= 11 is 3.48. The van der Waals surface area contributed by atoms with Gasteiger partial charge in [0.05, 0.1) is 0 Å². The first kappa shape index (κ1) is 15.0. The van der Waals surface area contributed by atoms with Crippen LogP contribution in [-0.4, -0.2) is 17.0 Å². The van der Waals surface area contributed by atoms with Crippen LogP contribution in [0.5, 0.6) is 0 Å². The zero-order chi connectivity index (χ0) is 14.8. The van der Waals surface area contributed by atoms with Gasteiger partial charge in [-0.15, -0.1) is 0 Å². The summed E-state index contributed by atoms with van der Waals surface area (Å²) < 4.78 is 0.826. The van der Waals surface area contributed by atoms with Gasteiger partial charge in [-0.05, 0) is 21.5 Å². The molecular weight excluding hydrogens is 314 g/mol. The molecule has 4 heteroatoms. The van der Waals surface area contributed by atoms with Gasteiger partial charge in [-0.1, -0.05) is 51.1 Å². The average molecular weight is 334 g/mol. The first-order valence-corrected chi connectivity index (χ1v) is 7.46. The molecule has 0 N–H and O–H groups in total. The highest BCUT2D eigenvalue weighted by Crippen LogP contribution is 2.24. The van der Waals surface area contributed by atoms with E-state index >= 15 is 0 Å². The Labute approximate surface area is 129 Å². The lowest BCUT2D eigenvalue weighted by Gasteiger charge is -2.22. The molecule has 0 atom stereocenters. The maximum absolute atomic E-state index is 4.69. The molecule has 106 valence electrons. The van der Waals surface area contributed by atoms with Gasteiger partial charge in [0.15, 0.2) is 0 Å². The zero-order valence-electron chi connectivity index (χ0n) is 12.4. The third-order valence-corrected chi connectivity index (χ3v) is 3.41. The van der Waals surface area contributed by atoms with Crippen LogP contribution in [-0.2, 0) is 12.0 Å². The van der Waals surface area contributed by atoms with E-state index in [1.165, 1.54) is 5.56 Å². The molecule has 0 fully saturated rings. The van der Waals surface area contributed by atoms with Crippen molar-refractivity contribution >= 4 is 21.7 Å². The molecule has 0 aliphatic heterocycles. The molecule has 0 bridgehead atoms. The van der Waals surface area contributed by atoms with Crippen LogP contribution in [0.4, 0.5) is 5.82 Å². The van der Waals surface area contributed by atoms with Crippen molar-refractivity contribution in [3.63, 3.8) is 0 Å². The minimum atomic E-state index is -0.0634. The molecule has 2 rings (SSSR count). The molecule has 0 aliphatic carbocycles. The molecule has 0 saturated carbocycles. The Balaban J connectivity index is 2.26. The lowest BCUT2D eigenvalue weighted by Crippen LogP contribution is -2.22. The SMILES string of the molecule is CN(Cc1ccccc1)c1cc(Br)nc(C(C)(C)C)n1. The second-order valence-corrected chi connectivity index (χ2v) is 6.78. The second-order valence-electron chi connectivity index (χ2n) is 5.96. The second kappa shape index (κ2) is 5.92. The molecule has 0 aliphatic rings. The minimum Gasteiger partial charge on any atom is -0.355 e. The van der Waals surface area contributed by atoms with Gasteiger partial charge in [0.1, 0.15) is 16.2 Å². The van der Waals surface area contributed by atoms with Crippen molar-refractivity contribution in [1.29, 1.82) is 0 Å². The summed E-state index contributed by atoms with van der Waals surface area (Å²) in [5.74, 6) is 1.78. The molecule has 0 saturated heterocycles. The van der Waals surface area contributed by atoms with Gasteiger partial charge in [0.25, 0.3) is 0 Å². The minimum absolute atomic E-state index is 0.0634. The maximum Gasteiger partial charge on any atom is 0.137 e. The van der Waals surface area contributed by atoms with E-state index in [2.05, 4.69) is 75.8 Å². The van der Waals surface area contributed by atoms with Crippen LogP contribution < -0.4 is 4.90 Å². The number of hydrogen-bond acceptors (Lipinski definition) is 3. The Hall–Kier alpha value is -1.42. The molecule has 20 heavy (non-hydrogen) atoms. The normalized spacial score (nSPS) is 11.4. The van der Waals surface area contributed by atoms with E-state index < -0.39 is 0 Å². The van der Waals surface area contributed by atoms with E-state index in [4.69, 9.17) is 0 Å². The van der Waals surface area contributed by atoms with E-state index in [9.17, 15) is 0 Å². The van der Waals surface area contributed by atoms with Crippen molar-refractivity contribution in [2.45, 2.75) is 32.7 Å². The fraction of sp³-hybridized carbons (Fsp3) is 0.375. The molecule has 2 aromatic rings. The zero-order valence-corrected chi connectivity index (χ0v) is 14.0. The number of anilines is 1. The van der Waals surface area contributed by atoms with Crippen molar-refractivity contribution < 1.29 is 0 Å². The van der Waals surface area contributed by atoms with Gasteiger partial charge in [-0.3, -0.25) is 0 Å². The van der Waals surface area contributed by atoms with Gasteiger partial charge in [-0.25, -0.2) is 9.97 Å². The van der Waals surface area contributed by atoms with Crippen LogP contribution in [0.3, 0.4) is 0 Å². The Morgan fingerprint density at radius 2 is 1.75 bits per heavy atom. The monoisotopic (exact) mass is 333 g/mol. The number of hydrogen-bond donors (Lipinski definition) is 0. The summed E-state index contributed by atoms with van der Waals surface area (Å²) in [6.07, 6.45) is 0. The van der Waals surface area contributed by atoms with Crippen LogP contribution in [0.15, 0.2) is 41.0 Å². The predicted octanol–water partition coefficient (Wildman–Crippen LogP) is 4.17. The fourth-order valence-corrected chi connectivity index (χ4v) is 2.25. The fourth-order valence-electron chi connectivity index (χ4n) is 1.87. The summed E-state index contributed by atoms with van der Waals surface area (Å²) in [6.45, 7) is 7.19. The highest BCUT2D eigenvalue weighted by Gasteiger charge is 2.19. The van der Waals surface area contributed by atoms with Crippen LogP contribution in [0.1, 0.15) is 32.2 Å². The van der Waals surface area contributed by atoms with Crippen molar-refractivity contribution in [2.75, 3.05) is 11.9 Å². The van der Waals surface area contributed by atoms with Crippen LogP contribution in [0.25, 0.3) is 0 Å². The van der Waals surface area contributed by atoms with Crippen molar-refractivity contribution in [3.05, 3.63) is 52.4 Å². The summed E-state index contributed by atoms with van der Waals surface area (Å²) in [5.41, 5.74) is 1.20. The number of halogens is 1. The highest BCUT2D eigenvalue weighted by atomic mass is 79.9. The third-order valence-electron chi connectivity index (χ3n) is 3.01. The van der Waals surface area contributed by atoms with E-state index in [-0.39, 0.29) is 5.41 Å². The van der Waals surface area contributed by atoms with Gasteiger partial charge in [-0.2, -0.15) is 0 Å². The first-order chi connectivity index (χ1) is 9.36. The summed E-state index contributed by atoms with van der Waals surface area (Å²) in [5, 5.41) is 0. The highest BCUT2D eigenvalue weighted by molar-refractivity contribution is 9.10. The average Bonchev–Trinajstić information content (AvgIpc) is 2.38. The summed E-state index contributed by atoms with van der Waals surface area (Å²) in [7, 11) is 2.05. The number of aromatic nitrogens is 2. The van der Waals surface area contributed by atoms with Gasteiger partial charge < -0.3 is 4.90 Å². The maximum atomic E-state index is 4.69. The third kappa shape index (κ3) is 3.79. The Morgan fingerprint density at radius 1 is 1.10 bits per heavy atom. The van der Waals surface area contributed by atoms with E-state index in [0.717, 1.165) is 22.8 Å². The number of benzene rings is 1. The Kier molecular flexibility index (Phi) is 4.43. The van der Waals surface area contributed by atoms with Crippen LogP contribution in [0, 0.1) is 0 Å². The molecule has 1 heterocycles. The number of nitrogens with zero attached hydrogens (tertiary/aromatic N) is 3. The standard InChI is InChI=1S/C16H20BrN3/c1-16(2,3)15-18-13(17)10-14(19-15)20(4)11-12-8-6-5-7-9-12/h5-10H,11H2,1-4H3. The van der Waals surface area contributed by atoms with Crippen molar-refractivity contribution in [1.82, 2.24) is 9.97 Å². The summed E-state index contributed by atoms with van der Waals surface area (Å²) in [6, 6.07) is 12.3. The van der Waals surface area contributed by atoms with Gasteiger partial charge >= 0.3 is 0 Å². The molecule has 0 spiro atoms. The molecule has 0 radical (unpaired) electrons. The molecule has 3 nitrogen and oxygen atoms in total. The van der Waals surface area contributed by atoms with E-state index in [1.807, 2.05) is 19.2 Å². The largest absolute Gasteiger partial charge is 0.355 e. The lowest BCUT2D eigenvalue weighted by molar-refractivity contribution is 0.542. The Bertz CT molecular complexity index is 576. The van der Waals surface area contributed by atoms with Crippen LogP contribution in [0.2, 0.25) is 0 Å². The summed E-state index contributed by atoms with van der Waals surface area (Å²) in [4.78, 5) is 11.3. The molecule has 1 aromatic heterocycles. The van der Waals surface area contributed by atoms with Crippen LogP contribution >= 0.6 is 15.9 Å². The first-order valence-electron chi connectivity index (χ1n) is 6.66. The molecule has 0 unspecified atom stereocenters. The Morgan fingerprint density at radius 3 is 2.35 bits per heavy atom. The molecular formula is C16H20BrN3. The van der Waals surface area contributed by atoms with Crippen molar-refractivity contribution in [2.24, 2.45) is 0 Å². The molecule has 1 aromatic carbocycles. The number of rotatable bonds is 3. The van der Waals surface area contributed by atoms with Gasteiger partial charge in [0.2, 0.25) is 0 Å². The predicted molar refractivity (Wildman–Crippen MR) is 87.0 cm³/mol. The quantitative estimate of drug-likeness (QED) is 0.789. The molecule has 0 amide bonds. The van der Waals surface area contributed by atoms with Gasteiger partial charge in [0, 0.05) is 25.1 Å². The van der Waals surface area contributed by atoms with E-state index in [0.29, 0.717) is 0 Å². The topological polar surface area (TPSA) is 29.0 Å². The van der Waals surface area contributed by atoms with Crippen molar-refractivity contribution in [3.8, 4) is 0 Å². The lowest BCUT2D eigenvalue weighted by atomic mass is 9.96. The smallest absolute Gasteiger partial charge is 0.137 e. The van der Waals surface area contributed by atoms with E-state index in [1.54, 1.807) is 0 Å².